The molecule has 1 aliphatic heterocycles. The zero-order valence-corrected chi connectivity index (χ0v) is 11.5. The summed E-state index contributed by atoms with van der Waals surface area (Å²) in [5, 5.41) is 2.37. The van der Waals surface area contributed by atoms with Crippen molar-refractivity contribution in [1.82, 2.24) is 5.32 Å². The summed E-state index contributed by atoms with van der Waals surface area (Å²) in [4.78, 5) is 46.7. The minimum Gasteiger partial charge on any atom is -0.426 e. The average Bonchev–Trinajstić information content (AvgIpc) is 3.25. The Kier molecular flexibility index (Phi) is 3.34. The van der Waals surface area contributed by atoms with Crippen LogP contribution in [0.1, 0.15) is 17.3 Å². The van der Waals surface area contributed by atoms with Crippen LogP contribution in [0.3, 0.4) is 0 Å². The molecule has 7 heteroatoms. The van der Waals surface area contributed by atoms with Gasteiger partial charge in [0, 0.05) is 13.0 Å². The molecule has 2 atom stereocenters. The fourth-order valence-corrected chi connectivity index (χ4v) is 2.16. The summed E-state index contributed by atoms with van der Waals surface area (Å²) in [7, 11) is 0. The Morgan fingerprint density at radius 1 is 1.18 bits per heavy atom. The van der Waals surface area contributed by atoms with Crippen LogP contribution >= 0.6 is 0 Å². The van der Waals surface area contributed by atoms with E-state index < -0.39 is 29.9 Å². The summed E-state index contributed by atoms with van der Waals surface area (Å²) in [6, 6.07) is 6.09. The Balaban J connectivity index is 1.82. The highest BCUT2D eigenvalue weighted by atomic mass is 16.6. The average molecular weight is 301 g/mol. The van der Waals surface area contributed by atoms with Gasteiger partial charge in [-0.05, 0) is 12.1 Å². The van der Waals surface area contributed by atoms with Crippen LogP contribution in [0.4, 0.5) is 0 Å². The van der Waals surface area contributed by atoms with Gasteiger partial charge in [0.2, 0.25) is 5.78 Å². The van der Waals surface area contributed by atoms with Gasteiger partial charge in [0.1, 0.15) is 5.75 Å². The standard InChI is InChI=1S/C15H11NO6/c1-7(17)21-11-5-3-2-4-8(11)15(20)16-9-6-10(18)13-14(22-13)12(9)19/h2-6,13-14H,1H3,(H,16,20). The summed E-state index contributed by atoms with van der Waals surface area (Å²) in [6.45, 7) is 1.21. The molecule has 1 fully saturated rings. The first kappa shape index (κ1) is 14.2. The smallest absolute Gasteiger partial charge is 0.308 e. The molecule has 22 heavy (non-hydrogen) atoms. The zero-order valence-electron chi connectivity index (χ0n) is 11.5. The van der Waals surface area contributed by atoms with E-state index in [1.807, 2.05) is 0 Å². The highest BCUT2D eigenvalue weighted by Crippen LogP contribution is 2.30. The fourth-order valence-electron chi connectivity index (χ4n) is 2.16. The third-order valence-corrected chi connectivity index (χ3v) is 3.22. The van der Waals surface area contributed by atoms with E-state index >= 15 is 0 Å². The Morgan fingerprint density at radius 2 is 1.91 bits per heavy atom. The predicted molar refractivity (Wildman–Crippen MR) is 72.0 cm³/mol. The van der Waals surface area contributed by atoms with Crippen LogP contribution in [0, 0.1) is 0 Å². The first-order chi connectivity index (χ1) is 10.5. The second kappa shape index (κ2) is 5.19. The summed E-state index contributed by atoms with van der Waals surface area (Å²) in [5.41, 5.74) is -0.0379. The van der Waals surface area contributed by atoms with Crippen molar-refractivity contribution in [2.24, 2.45) is 0 Å². The van der Waals surface area contributed by atoms with E-state index in [0.29, 0.717) is 0 Å². The van der Waals surface area contributed by atoms with Gasteiger partial charge in [-0.2, -0.15) is 0 Å². The van der Waals surface area contributed by atoms with Gasteiger partial charge in [-0.1, -0.05) is 12.1 Å². The minimum absolute atomic E-state index is 0.0724. The molecule has 1 aromatic carbocycles. The number of ether oxygens (including phenoxy) is 2. The Morgan fingerprint density at radius 3 is 2.64 bits per heavy atom. The fraction of sp³-hybridized carbons (Fsp3) is 0.200. The molecule has 0 spiro atoms. The Hall–Kier alpha value is -2.80. The number of carbonyl (C=O) groups excluding carboxylic acids is 4. The molecule has 1 amide bonds. The molecular weight excluding hydrogens is 290 g/mol. The van der Waals surface area contributed by atoms with Crippen molar-refractivity contribution < 1.29 is 28.7 Å². The van der Waals surface area contributed by atoms with Gasteiger partial charge in [0.15, 0.2) is 18.0 Å². The molecule has 1 heterocycles. The number of epoxide rings is 1. The zero-order chi connectivity index (χ0) is 15.9. The van der Waals surface area contributed by atoms with Gasteiger partial charge >= 0.3 is 5.97 Å². The topological polar surface area (TPSA) is 102 Å². The van der Waals surface area contributed by atoms with Gasteiger partial charge < -0.3 is 14.8 Å². The lowest BCUT2D eigenvalue weighted by Gasteiger charge is -2.12. The molecule has 1 aromatic rings. The first-order valence-electron chi connectivity index (χ1n) is 6.51. The van der Waals surface area contributed by atoms with E-state index in [2.05, 4.69) is 5.32 Å². The SMILES string of the molecule is CC(=O)Oc1ccccc1C(=O)NC1=CC(=O)C2OC2C1=O. The van der Waals surface area contributed by atoms with Crippen molar-refractivity contribution in [2.45, 2.75) is 19.1 Å². The molecule has 0 saturated carbocycles. The van der Waals surface area contributed by atoms with Crippen LogP contribution in [-0.2, 0) is 19.1 Å². The summed E-state index contributed by atoms with van der Waals surface area (Å²) in [6.07, 6.45) is -0.443. The maximum Gasteiger partial charge on any atom is 0.308 e. The molecule has 1 N–H and O–H groups in total. The van der Waals surface area contributed by atoms with Crippen molar-refractivity contribution in [2.75, 3.05) is 0 Å². The summed E-state index contributed by atoms with van der Waals surface area (Å²) >= 11 is 0. The number of carbonyl (C=O) groups is 4. The van der Waals surface area contributed by atoms with Crippen molar-refractivity contribution in [3.63, 3.8) is 0 Å². The van der Waals surface area contributed by atoms with E-state index in [9.17, 15) is 19.2 Å². The summed E-state index contributed by atoms with van der Waals surface area (Å²) in [5.74, 6) is -1.94. The molecule has 3 rings (SSSR count). The lowest BCUT2D eigenvalue weighted by atomic mass is 10.0. The molecule has 1 saturated heterocycles. The lowest BCUT2D eigenvalue weighted by Crippen LogP contribution is -2.34. The Labute approximate surface area is 124 Å². The number of ketones is 2. The molecule has 7 nitrogen and oxygen atoms in total. The molecule has 0 radical (unpaired) electrons. The maximum atomic E-state index is 12.2. The van der Waals surface area contributed by atoms with Crippen LogP contribution in [-0.4, -0.2) is 35.7 Å². The number of esters is 1. The van der Waals surface area contributed by atoms with E-state index in [0.717, 1.165) is 6.08 Å². The molecular formula is C15H11NO6. The van der Waals surface area contributed by atoms with Crippen LogP contribution in [0.15, 0.2) is 36.0 Å². The number of hydrogen-bond donors (Lipinski definition) is 1. The number of para-hydroxylation sites is 1. The maximum absolute atomic E-state index is 12.2. The number of nitrogens with one attached hydrogen (secondary N) is 1. The van der Waals surface area contributed by atoms with Gasteiger partial charge in [-0.3, -0.25) is 19.2 Å². The number of Topliss-reactive ketones (excluding diaryl/α,β-unsaturated/α-hetero) is 1. The molecule has 0 bridgehead atoms. The number of amides is 1. The van der Waals surface area contributed by atoms with E-state index in [1.54, 1.807) is 12.1 Å². The lowest BCUT2D eigenvalue weighted by molar-refractivity contribution is -0.131. The van der Waals surface area contributed by atoms with Gasteiger partial charge in [0.25, 0.3) is 5.91 Å². The van der Waals surface area contributed by atoms with Crippen LogP contribution in [0.5, 0.6) is 5.75 Å². The summed E-state index contributed by atoms with van der Waals surface area (Å²) < 4.78 is 9.86. The van der Waals surface area contributed by atoms with Gasteiger partial charge in [-0.25, -0.2) is 0 Å². The normalized spacial score (nSPS) is 22.5. The number of hydrogen-bond acceptors (Lipinski definition) is 6. The minimum atomic E-state index is -0.795. The van der Waals surface area contributed by atoms with E-state index in [4.69, 9.17) is 9.47 Å². The second-order valence-electron chi connectivity index (χ2n) is 4.85. The highest BCUT2D eigenvalue weighted by molar-refractivity contribution is 6.17. The van der Waals surface area contributed by atoms with Crippen LogP contribution in [0.2, 0.25) is 0 Å². The second-order valence-corrected chi connectivity index (χ2v) is 4.85. The quantitative estimate of drug-likeness (QED) is 0.484. The van der Waals surface area contributed by atoms with Crippen molar-refractivity contribution in [3.8, 4) is 5.75 Å². The number of rotatable bonds is 3. The third kappa shape index (κ3) is 2.53. The van der Waals surface area contributed by atoms with Crippen molar-refractivity contribution in [1.29, 1.82) is 0 Å². The highest BCUT2D eigenvalue weighted by Gasteiger charge is 2.53. The van der Waals surface area contributed by atoms with E-state index in [1.165, 1.54) is 19.1 Å². The van der Waals surface area contributed by atoms with E-state index in [-0.39, 0.29) is 22.8 Å². The van der Waals surface area contributed by atoms with Crippen molar-refractivity contribution >= 4 is 23.4 Å². The molecule has 112 valence electrons. The van der Waals surface area contributed by atoms with Gasteiger partial charge in [-0.15, -0.1) is 0 Å². The predicted octanol–water partition coefficient (Wildman–Crippen LogP) is 0.145. The molecule has 2 unspecified atom stereocenters. The monoisotopic (exact) mass is 301 g/mol. The molecule has 2 aliphatic rings. The molecule has 1 aliphatic carbocycles. The largest absolute Gasteiger partial charge is 0.426 e. The van der Waals surface area contributed by atoms with Gasteiger partial charge in [0.05, 0.1) is 11.3 Å². The Bertz CT molecular complexity index is 735. The first-order valence-corrected chi connectivity index (χ1v) is 6.51. The van der Waals surface area contributed by atoms with Crippen molar-refractivity contribution in [3.05, 3.63) is 41.6 Å². The number of benzene rings is 1. The van der Waals surface area contributed by atoms with Crippen LogP contribution in [0.25, 0.3) is 0 Å². The third-order valence-electron chi connectivity index (χ3n) is 3.22. The van der Waals surface area contributed by atoms with Crippen LogP contribution < -0.4 is 10.1 Å². The molecule has 0 aromatic heterocycles. The number of fused-ring (bicyclic) bond motifs is 1.